The van der Waals surface area contributed by atoms with Crippen LogP contribution in [0.5, 0.6) is 0 Å². The SMILES string of the molecule is C=C(C)n1c(=O)oc2c(C)c(C(C)C)ccc21. The summed E-state index contributed by atoms with van der Waals surface area (Å²) in [5.41, 5.74) is 4.38. The van der Waals surface area contributed by atoms with Crippen LogP contribution in [-0.2, 0) is 0 Å². The average molecular weight is 231 g/mol. The highest BCUT2D eigenvalue weighted by molar-refractivity contribution is 5.80. The third kappa shape index (κ3) is 1.71. The van der Waals surface area contributed by atoms with Gasteiger partial charge in [-0.3, -0.25) is 0 Å². The molecule has 17 heavy (non-hydrogen) atoms. The van der Waals surface area contributed by atoms with Crippen LogP contribution < -0.4 is 5.76 Å². The molecule has 2 aromatic rings. The van der Waals surface area contributed by atoms with Gasteiger partial charge in [0, 0.05) is 5.70 Å². The van der Waals surface area contributed by atoms with Gasteiger partial charge in [-0.25, -0.2) is 9.36 Å². The van der Waals surface area contributed by atoms with Gasteiger partial charge in [-0.15, -0.1) is 0 Å². The molecular weight excluding hydrogens is 214 g/mol. The van der Waals surface area contributed by atoms with Gasteiger partial charge in [0.1, 0.15) is 0 Å². The molecule has 0 aliphatic heterocycles. The van der Waals surface area contributed by atoms with Crippen molar-refractivity contribution in [2.45, 2.75) is 33.6 Å². The minimum Gasteiger partial charge on any atom is -0.407 e. The van der Waals surface area contributed by atoms with Crippen molar-refractivity contribution in [2.24, 2.45) is 0 Å². The standard InChI is InChI=1S/C14H17NO2/c1-8(2)11-6-7-12-13(10(11)5)17-14(16)15(12)9(3)4/h6-8H,3H2,1-2,4-5H3. The Morgan fingerprint density at radius 2 is 2.06 bits per heavy atom. The van der Waals surface area contributed by atoms with Crippen LogP contribution in [0.1, 0.15) is 37.8 Å². The molecule has 3 nitrogen and oxygen atoms in total. The molecule has 1 aromatic carbocycles. The first-order valence-corrected chi connectivity index (χ1v) is 5.74. The van der Waals surface area contributed by atoms with Crippen molar-refractivity contribution < 1.29 is 4.42 Å². The van der Waals surface area contributed by atoms with Crippen LogP contribution >= 0.6 is 0 Å². The second kappa shape index (κ2) is 3.91. The first-order valence-electron chi connectivity index (χ1n) is 5.74. The highest BCUT2D eigenvalue weighted by Gasteiger charge is 2.15. The molecule has 0 unspecified atom stereocenters. The molecule has 1 aromatic heterocycles. The van der Waals surface area contributed by atoms with Crippen molar-refractivity contribution in [1.29, 1.82) is 0 Å². The molecule has 0 bridgehead atoms. The molecule has 0 saturated carbocycles. The Labute approximate surface area is 100 Å². The predicted molar refractivity (Wildman–Crippen MR) is 70.3 cm³/mol. The number of hydrogen-bond donors (Lipinski definition) is 0. The fourth-order valence-corrected chi connectivity index (χ4v) is 2.22. The molecule has 90 valence electrons. The van der Waals surface area contributed by atoms with Crippen molar-refractivity contribution in [3.8, 4) is 0 Å². The van der Waals surface area contributed by atoms with Crippen LogP contribution in [-0.4, -0.2) is 4.57 Å². The fourth-order valence-electron chi connectivity index (χ4n) is 2.22. The zero-order valence-corrected chi connectivity index (χ0v) is 10.7. The van der Waals surface area contributed by atoms with E-state index >= 15 is 0 Å². The van der Waals surface area contributed by atoms with Crippen LogP contribution in [0, 0.1) is 6.92 Å². The predicted octanol–water partition coefficient (Wildman–Crippen LogP) is 3.52. The number of oxazole rings is 1. The Morgan fingerprint density at radius 1 is 1.41 bits per heavy atom. The summed E-state index contributed by atoms with van der Waals surface area (Å²) in [5, 5.41) is 0. The minimum atomic E-state index is -0.364. The van der Waals surface area contributed by atoms with Crippen molar-refractivity contribution in [3.05, 3.63) is 40.4 Å². The van der Waals surface area contributed by atoms with E-state index in [4.69, 9.17) is 4.42 Å². The lowest BCUT2D eigenvalue weighted by molar-refractivity contribution is 0.539. The van der Waals surface area contributed by atoms with E-state index in [0.29, 0.717) is 17.2 Å². The van der Waals surface area contributed by atoms with Crippen LogP contribution in [0.3, 0.4) is 0 Å². The Bertz CT molecular complexity index is 644. The maximum absolute atomic E-state index is 11.7. The molecule has 0 atom stereocenters. The van der Waals surface area contributed by atoms with Gasteiger partial charge in [0.2, 0.25) is 0 Å². The van der Waals surface area contributed by atoms with Crippen LogP contribution in [0.25, 0.3) is 16.8 Å². The molecule has 0 aliphatic carbocycles. The molecule has 3 heteroatoms. The van der Waals surface area contributed by atoms with E-state index in [2.05, 4.69) is 26.5 Å². The first-order chi connectivity index (χ1) is 7.93. The second-order valence-electron chi connectivity index (χ2n) is 4.72. The topological polar surface area (TPSA) is 35.1 Å². The fraction of sp³-hybridized carbons (Fsp3) is 0.357. The van der Waals surface area contributed by atoms with Gasteiger partial charge in [-0.05, 0) is 37.0 Å². The van der Waals surface area contributed by atoms with Gasteiger partial charge in [0.05, 0.1) is 5.52 Å². The van der Waals surface area contributed by atoms with Gasteiger partial charge in [-0.2, -0.15) is 0 Å². The largest absolute Gasteiger partial charge is 0.424 e. The summed E-state index contributed by atoms with van der Waals surface area (Å²) < 4.78 is 6.83. The highest BCUT2D eigenvalue weighted by atomic mass is 16.4. The maximum atomic E-state index is 11.7. The lowest BCUT2D eigenvalue weighted by Gasteiger charge is -2.09. The zero-order valence-electron chi connectivity index (χ0n) is 10.7. The summed E-state index contributed by atoms with van der Waals surface area (Å²) in [6.07, 6.45) is 0. The summed E-state index contributed by atoms with van der Waals surface area (Å²) >= 11 is 0. The molecule has 0 N–H and O–H groups in total. The Hall–Kier alpha value is -1.77. The van der Waals surface area contributed by atoms with E-state index in [9.17, 15) is 4.79 Å². The zero-order chi connectivity index (χ0) is 12.7. The van der Waals surface area contributed by atoms with Gasteiger partial charge < -0.3 is 4.42 Å². The molecule has 0 aliphatic rings. The molecule has 0 amide bonds. The summed E-state index contributed by atoms with van der Waals surface area (Å²) in [6.45, 7) is 11.8. The summed E-state index contributed by atoms with van der Waals surface area (Å²) in [6, 6.07) is 3.98. The van der Waals surface area contributed by atoms with E-state index in [1.165, 1.54) is 10.1 Å². The van der Waals surface area contributed by atoms with Gasteiger partial charge in [0.25, 0.3) is 0 Å². The van der Waals surface area contributed by atoms with Crippen molar-refractivity contribution in [2.75, 3.05) is 0 Å². The Balaban J connectivity index is 2.86. The van der Waals surface area contributed by atoms with Crippen molar-refractivity contribution >= 4 is 16.8 Å². The van der Waals surface area contributed by atoms with E-state index in [1.807, 2.05) is 13.0 Å². The lowest BCUT2D eigenvalue weighted by atomic mass is 9.97. The summed E-state index contributed by atoms with van der Waals surface area (Å²) in [4.78, 5) is 11.7. The van der Waals surface area contributed by atoms with Gasteiger partial charge >= 0.3 is 5.76 Å². The molecule has 0 spiro atoms. The number of aryl methyl sites for hydroxylation is 1. The summed E-state index contributed by atoms with van der Waals surface area (Å²) in [5.74, 6) is 0.0504. The van der Waals surface area contributed by atoms with Gasteiger partial charge in [-0.1, -0.05) is 26.5 Å². The monoisotopic (exact) mass is 231 g/mol. The molecule has 0 saturated heterocycles. The number of hydrogen-bond acceptors (Lipinski definition) is 2. The third-order valence-electron chi connectivity index (χ3n) is 3.04. The summed E-state index contributed by atoms with van der Waals surface area (Å²) in [7, 11) is 0. The van der Waals surface area contributed by atoms with E-state index in [0.717, 1.165) is 11.1 Å². The van der Waals surface area contributed by atoms with E-state index in [1.54, 1.807) is 6.92 Å². The number of benzene rings is 1. The van der Waals surface area contributed by atoms with Crippen LogP contribution in [0.15, 0.2) is 27.9 Å². The molecule has 1 heterocycles. The van der Waals surface area contributed by atoms with Gasteiger partial charge in [0.15, 0.2) is 5.58 Å². The molecule has 2 rings (SSSR count). The lowest BCUT2D eigenvalue weighted by Crippen LogP contribution is -2.10. The number of allylic oxidation sites excluding steroid dienone is 1. The Kier molecular flexibility index (Phi) is 2.69. The number of fused-ring (bicyclic) bond motifs is 1. The number of rotatable bonds is 2. The third-order valence-corrected chi connectivity index (χ3v) is 3.04. The van der Waals surface area contributed by atoms with E-state index < -0.39 is 0 Å². The number of nitrogens with zero attached hydrogens (tertiary/aromatic N) is 1. The quantitative estimate of drug-likeness (QED) is 0.792. The maximum Gasteiger partial charge on any atom is 0.424 e. The average Bonchev–Trinajstić information content (AvgIpc) is 2.55. The first kappa shape index (κ1) is 11.7. The van der Waals surface area contributed by atoms with Crippen molar-refractivity contribution in [3.63, 3.8) is 0 Å². The van der Waals surface area contributed by atoms with E-state index in [-0.39, 0.29) is 5.76 Å². The second-order valence-corrected chi connectivity index (χ2v) is 4.72. The molecular formula is C14H17NO2. The number of aromatic nitrogens is 1. The Morgan fingerprint density at radius 3 is 2.59 bits per heavy atom. The smallest absolute Gasteiger partial charge is 0.407 e. The van der Waals surface area contributed by atoms with Crippen molar-refractivity contribution in [1.82, 2.24) is 4.57 Å². The molecule has 0 fully saturated rings. The normalized spacial score (nSPS) is 11.4. The van der Waals surface area contributed by atoms with Crippen LogP contribution in [0.2, 0.25) is 0 Å². The van der Waals surface area contributed by atoms with Crippen LogP contribution in [0.4, 0.5) is 0 Å². The minimum absolute atomic E-state index is 0.364. The highest BCUT2D eigenvalue weighted by Crippen LogP contribution is 2.27. The molecule has 0 radical (unpaired) electrons.